The fourth-order valence-electron chi connectivity index (χ4n) is 2.78. The minimum Gasteiger partial charge on any atom is -0.397 e. The number of hydrogen-bond donors (Lipinski definition) is 2. The number of anilines is 2. The molecule has 1 aromatic rings. The second-order valence-corrected chi connectivity index (χ2v) is 5.60. The van der Waals surface area contributed by atoms with Gasteiger partial charge in [0.25, 0.3) is 0 Å². The lowest BCUT2D eigenvalue weighted by Crippen LogP contribution is -2.48. The molecule has 114 valence electrons. The Hall–Kier alpha value is -2.04. The van der Waals surface area contributed by atoms with E-state index in [4.69, 9.17) is 5.73 Å². The number of carbonyl (C=O) groups excluding carboxylic acids is 2. The molecule has 0 spiro atoms. The number of nitrogens with one attached hydrogen (secondary N) is 1. The van der Waals surface area contributed by atoms with Crippen LogP contribution in [0.4, 0.5) is 11.4 Å². The Labute approximate surface area is 125 Å². The summed E-state index contributed by atoms with van der Waals surface area (Å²) in [6.45, 7) is 4.62. The van der Waals surface area contributed by atoms with E-state index < -0.39 is 11.8 Å². The number of nitrogens with zero attached hydrogens (tertiary/aromatic N) is 1. The third-order valence-corrected chi connectivity index (χ3v) is 4.01. The van der Waals surface area contributed by atoms with Gasteiger partial charge in [-0.05, 0) is 50.3 Å². The highest BCUT2D eigenvalue weighted by molar-refractivity contribution is 6.39. The van der Waals surface area contributed by atoms with Crippen LogP contribution >= 0.6 is 0 Å². The molecule has 1 atom stereocenters. The molecule has 0 bridgehead atoms. The highest BCUT2D eigenvalue weighted by Crippen LogP contribution is 2.22. The summed E-state index contributed by atoms with van der Waals surface area (Å²) in [6, 6.07) is 5.54. The van der Waals surface area contributed by atoms with Crippen LogP contribution in [0, 0.1) is 6.92 Å². The van der Waals surface area contributed by atoms with Crippen LogP contribution in [0.15, 0.2) is 18.2 Å². The standard InChI is InChI=1S/C16H23N3O2/c1-3-12-6-4-5-9-19(12)16(21)15(20)18-14-10-11(2)7-8-13(14)17/h7-8,10,12H,3-6,9,17H2,1-2H3,(H,18,20). The van der Waals surface area contributed by atoms with Crippen molar-refractivity contribution in [1.82, 2.24) is 4.90 Å². The van der Waals surface area contributed by atoms with Crippen LogP contribution < -0.4 is 11.1 Å². The molecule has 1 aliphatic heterocycles. The second-order valence-electron chi connectivity index (χ2n) is 5.60. The SMILES string of the molecule is CCC1CCCCN1C(=O)C(=O)Nc1cc(C)ccc1N. The number of benzene rings is 1. The normalized spacial score (nSPS) is 18.4. The first kappa shape index (κ1) is 15.4. The molecular weight excluding hydrogens is 266 g/mol. The number of likely N-dealkylation sites (tertiary alicyclic amines) is 1. The molecule has 1 aromatic carbocycles. The summed E-state index contributed by atoms with van der Waals surface area (Å²) >= 11 is 0. The van der Waals surface area contributed by atoms with E-state index in [0.717, 1.165) is 31.2 Å². The molecule has 0 radical (unpaired) electrons. The molecule has 5 nitrogen and oxygen atoms in total. The van der Waals surface area contributed by atoms with Crippen molar-refractivity contribution >= 4 is 23.2 Å². The number of hydrogen-bond acceptors (Lipinski definition) is 3. The number of aryl methyl sites for hydroxylation is 1. The third kappa shape index (κ3) is 3.54. The van der Waals surface area contributed by atoms with E-state index in [2.05, 4.69) is 5.32 Å². The lowest BCUT2D eigenvalue weighted by atomic mass is 10.00. The van der Waals surface area contributed by atoms with E-state index in [1.165, 1.54) is 0 Å². The van der Waals surface area contributed by atoms with Crippen molar-refractivity contribution in [1.29, 1.82) is 0 Å². The molecule has 0 saturated carbocycles. The van der Waals surface area contributed by atoms with Gasteiger partial charge < -0.3 is 16.0 Å². The Morgan fingerprint density at radius 2 is 2.14 bits per heavy atom. The molecule has 5 heteroatoms. The lowest BCUT2D eigenvalue weighted by Gasteiger charge is -2.34. The van der Waals surface area contributed by atoms with E-state index in [1.807, 2.05) is 19.9 Å². The average molecular weight is 289 g/mol. The summed E-state index contributed by atoms with van der Waals surface area (Å²) in [4.78, 5) is 26.2. The van der Waals surface area contributed by atoms with Gasteiger partial charge in [-0.25, -0.2) is 0 Å². The molecular formula is C16H23N3O2. The van der Waals surface area contributed by atoms with Crippen molar-refractivity contribution < 1.29 is 9.59 Å². The van der Waals surface area contributed by atoms with Crippen LogP contribution in [0.25, 0.3) is 0 Å². The molecule has 2 rings (SSSR count). The third-order valence-electron chi connectivity index (χ3n) is 4.01. The molecule has 21 heavy (non-hydrogen) atoms. The van der Waals surface area contributed by atoms with E-state index in [1.54, 1.807) is 17.0 Å². The smallest absolute Gasteiger partial charge is 0.313 e. The van der Waals surface area contributed by atoms with Gasteiger partial charge in [-0.2, -0.15) is 0 Å². The molecule has 1 aliphatic rings. The van der Waals surface area contributed by atoms with Gasteiger partial charge in [-0.1, -0.05) is 13.0 Å². The Morgan fingerprint density at radius 1 is 1.38 bits per heavy atom. The molecule has 1 heterocycles. The maximum absolute atomic E-state index is 12.3. The van der Waals surface area contributed by atoms with E-state index >= 15 is 0 Å². The largest absolute Gasteiger partial charge is 0.397 e. The molecule has 0 aliphatic carbocycles. The van der Waals surface area contributed by atoms with E-state index in [9.17, 15) is 9.59 Å². The Balaban J connectivity index is 2.08. The quantitative estimate of drug-likeness (QED) is 0.648. The van der Waals surface area contributed by atoms with Crippen LogP contribution in [0.3, 0.4) is 0 Å². The van der Waals surface area contributed by atoms with E-state index in [-0.39, 0.29) is 6.04 Å². The number of nitrogen functional groups attached to an aromatic ring is 1. The molecule has 3 N–H and O–H groups in total. The zero-order valence-corrected chi connectivity index (χ0v) is 12.7. The summed E-state index contributed by atoms with van der Waals surface area (Å²) in [5.41, 5.74) is 7.78. The van der Waals surface area contributed by atoms with Gasteiger partial charge in [0.2, 0.25) is 0 Å². The summed E-state index contributed by atoms with van der Waals surface area (Å²) in [7, 11) is 0. The highest BCUT2D eigenvalue weighted by Gasteiger charge is 2.29. The van der Waals surface area contributed by atoms with Crippen molar-refractivity contribution in [2.24, 2.45) is 0 Å². The minimum absolute atomic E-state index is 0.173. The summed E-state index contributed by atoms with van der Waals surface area (Å²) < 4.78 is 0. The first-order valence-electron chi connectivity index (χ1n) is 7.51. The van der Waals surface area contributed by atoms with Crippen molar-refractivity contribution in [3.8, 4) is 0 Å². The summed E-state index contributed by atoms with van der Waals surface area (Å²) in [6.07, 6.45) is 3.94. The van der Waals surface area contributed by atoms with Crippen LogP contribution in [-0.2, 0) is 9.59 Å². The van der Waals surface area contributed by atoms with Gasteiger partial charge in [-0.15, -0.1) is 0 Å². The summed E-state index contributed by atoms with van der Waals surface area (Å²) in [5, 5.41) is 2.64. The van der Waals surface area contributed by atoms with Crippen LogP contribution in [0.5, 0.6) is 0 Å². The monoisotopic (exact) mass is 289 g/mol. The van der Waals surface area contributed by atoms with Crippen molar-refractivity contribution in [3.63, 3.8) is 0 Å². The predicted molar refractivity (Wildman–Crippen MR) is 83.9 cm³/mol. The van der Waals surface area contributed by atoms with Crippen molar-refractivity contribution in [2.75, 3.05) is 17.6 Å². The first-order chi connectivity index (χ1) is 10.0. The van der Waals surface area contributed by atoms with Gasteiger partial charge in [0.05, 0.1) is 11.4 Å². The van der Waals surface area contributed by atoms with Crippen LogP contribution in [-0.4, -0.2) is 29.3 Å². The van der Waals surface area contributed by atoms with Gasteiger partial charge >= 0.3 is 11.8 Å². The van der Waals surface area contributed by atoms with Crippen LogP contribution in [0.2, 0.25) is 0 Å². The van der Waals surface area contributed by atoms with E-state index in [0.29, 0.717) is 17.9 Å². The van der Waals surface area contributed by atoms with Crippen molar-refractivity contribution in [3.05, 3.63) is 23.8 Å². The average Bonchev–Trinajstić information content (AvgIpc) is 2.50. The molecule has 0 aromatic heterocycles. The minimum atomic E-state index is -0.604. The van der Waals surface area contributed by atoms with Gasteiger partial charge in [-0.3, -0.25) is 9.59 Å². The number of amides is 2. The predicted octanol–water partition coefficient (Wildman–Crippen LogP) is 2.31. The van der Waals surface area contributed by atoms with Crippen molar-refractivity contribution in [2.45, 2.75) is 45.6 Å². The molecule has 1 saturated heterocycles. The van der Waals surface area contributed by atoms with Gasteiger partial charge in [0.1, 0.15) is 0 Å². The summed E-state index contributed by atoms with van der Waals surface area (Å²) in [5.74, 6) is -1.06. The Morgan fingerprint density at radius 3 is 2.86 bits per heavy atom. The lowest BCUT2D eigenvalue weighted by molar-refractivity contribution is -0.145. The zero-order chi connectivity index (χ0) is 15.4. The number of piperidine rings is 1. The molecule has 2 amide bonds. The number of nitrogens with two attached hydrogens (primary N) is 1. The fourth-order valence-corrected chi connectivity index (χ4v) is 2.78. The molecule has 1 fully saturated rings. The Kier molecular flexibility index (Phi) is 4.83. The maximum Gasteiger partial charge on any atom is 0.313 e. The fraction of sp³-hybridized carbons (Fsp3) is 0.500. The van der Waals surface area contributed by atoms with Crippen LogP contribution in [0.1, 0.15) is 38.2 Å². The molecule has 1 unspecified atom stereocenters. The zero-order valence-electron chi connectivity index (χ0n) is 12.7. The maximum atomic E-state index is 12.3. The van der Waals surface area contributed by atoms with Gasteiger partial charge in [0, 0.05) is 12.6 Å². The second kappa shape index (κ2) is 6.61. The first-order valence-corrected chi connectivity index (χ1v) is 7.51. The Bertz CT molecular complexity index is 542. The highest BCUT2D eigenvalue weighted by atomic mass is 16.2. The number of carbonyl (C=O) groups is 2. The number of rotatable bonds is 2. The topological polar surface area (TPSA) is 75.4 Å². The van der Waals surface area contributed by atoms with Gasteiger partial charge in [0.15, 0.2) is 0 Å².